The molecule has 1 amide bonds. The zero-order valence-corrected chi connectivity index (χ0v) is 12.6. The van der Waals surface area contributed by atoms with E-state index in [1.165, 1.54) is 4.88 Å². The topological polar surface area (TPSA) is 64.9 Å². The summed E-state index contributed by atoms with van der Waals surface area (Å²) in [7, 11) is 0. The van der Waals surface area contributed by atoms with Gasteiger partial charge < -0.3 is 10.6 Å². The molecule has 0 radical (unpaired) electrons. The number of thiophene rings is 1. The Morgan fingerprint density at radius 2 is 2.25 bits per heavy atom. The van der Waals surface area contributed by atoms with Crippen LogP contribution in [0.4, 0.5) is 0 Å². The van der Waals surface area contributed by atoms with Crippen LogP contribution in [-0.2, 0) is 11.3 Å². The molecular weight excluding hydrogens is 270 g/mol. The fourth-order valence-electron chi connectivity index (χ4n) is 2.52. The Kier molecular flexibility index (Phi) is 5.16. The van der Waals surface area contributed by atoms with E-state index < -0.39 is 5.54 Å². The maximum absolute atomic E-state index is 12.2. The zero-order valence-electron chi connectivity index (χ0n) is 11.8. The van der Waals surface area contributed by atoms with Crippen LogP contribution in [0.2, 0.25) is 0 Å². The van der Waals surface area contributed by atoms with E-state index in [4.69, 9.17) is 0 Å². The van der Waals surface area contributed by atoms with E-state index >= 15 is 0 Å². The van der Waals surface area contributed by atoms with Crippen molar-refractivity contribution in [3.8, 4) is 6.07 Å². The molecule has 1 fully saturated rings. The molecule has 108 valence electrons. The SMILES string of the molecule is C[C@@H](NCc1cccs1)C(=O)NC1(C#N)CCCCC1. The second kappa shape index (κ2) is 6.87. The molecular formula is C15H21N3OS. The predicted molar refractivity (Wildman–Crippen MR) is 80.2 cm³/mol. The van der Waals surface area contributed by atoms with Crippen molar-refractivity contribution in [3.63, 3.8) is 0 Å². The van der Waals surface area contributed by atoms with Gasteiger partial charge >= 0.3 is 0 Å². The highest BCUT2D eigenvalue weighted by molar-refractivity contribution is 7.09. The predicted octanol–water partition coefficient (Wildman–Crippen LogP) is 2.57. The first-order valence-corrected chi connectivity index (χ1v) is 8.02. The Hall–Kier alpha value is -1.38. The molecule has 0 aromatic carbocycles. The van der Waals surface area contributed by atoms with Crippen molar-refractivity contribution in [2.24, 2.45) is 0 Å². The summed E-state index contributed by atoms with van der Waals surface area (Å²) >= 11 is 1.67. The highest BCUT2D eigenvalue weighted by Crippen LogP contribution is 2.27. The fraction of sp³-hybridized carbons (Fsp3) is 0.600. The number of nitrogens with zero attached hydrogens (tertiary/aromatic N) is 1. The van der Waals surface area contributed by atoms with Gasteiger partial charge in [0, 0.05) is 11.4 Å². The fourth-order valence-corrected chi connectivity index (χ4v) is 3.18. The van der Waals surface area contributed by atoms with Gasteiger partial charge in [-0.15, -0.1) is 11.3 Å². The molecule has 1 aromatic heterocycles. The smallest absolute Gasteiger partial charge is 0.238 e. The summed E-state index contributed by atoms with van der Waals surface area (Å²) in [5.41, 5.74) is -0.645. The third-order valence-corrected chi connectivity index (χ3v) is 4.72. The van der Waals surface area contributed by atoms with Crippen LogP contribution in [0.1, 0.15) is 43.9 Å². The lowest BCUT2D eigenvalue weighted by Crippen LogP contribution is -2.54. The summed E-state index contributed by atoms with van der Waals surface area (Å²) in [6.07, 6.45) is 4.74. The minimum atomic E-state index is -0.645. The molecule has 0 aliphatic heterocycles. The molecule has 0 bridgehead atoms. The summed E-state index contributed by atoms with van der Waals surface area (Å²) in [6.45, 7) is 2.53. The molecule has 1 aromatic rings. The van der Waals surface area contributed by atoms with Crippen LogP contribution in [0, 0.1) is 11.3 Å². The van der Waals surface area contributed by atoms with Gasteiger partial charge in [-0.25, -0.2) is 0 Å². The number of carbonyl (C=O) groups excluding carboxylic acids is 1. The maximum Gasteiger partial charge on any atom is 0.238 e. The molecule has 5 heteroatoms. The van der Waals surface area contributed by atoms with E-state index in [1.54, 1.807) is 11.3 Å². The van der Waals surface area contributed by atoms with Crippen LogP contribution in [0.25, 0.3) is 0 Å². The van der Waals surface area contributed by atoms with Crippen LogP contribution in [-0.4, -0.2) is 17.5 Å². The number of nitrogens with one attached hydrogen (secondary N) is 2. The van der Waals surface area contributed by atoms with Gasteiger partial charge in [0.25, 0.3) is 0 Å². The quantitative estimate of drug-likeness (QED) is 0.876. The van der Waals surface area contributed by atoms with E-state index in [0.717, 1.165) is 32.1 Å². The average Bonchev–Trinajstić information content (AvgIpc) is 2.99. The lowest BCUT2D eigenvalue weighted by Gasteiger charge is -2.32. The molecule has 2 rings (SSSR count). The first-order chi connectivity index (χ1) is 9.65. The maximum atomic E-state index is 12.2. The van der Waals surface area contributed by atoms with Crippen LogP contribution >= 0.6 is 11.3 Å². The second-order valence-electron chi connectivity index (χ2n) is 5.43. The Morgan fingerprint density at radius 3 is 2.85 bits per heavy atom. The highest BCUT2D eigenvalue weighted by atomic mass is 32.1. The standard InChI is InChI=1S/C15H21N3OS/c1-12(17-10-13-6-5-9-20-13)14(19)18-15(11-16)7-3-2-4-8-15/h5-6,9,12,17H,2-4,7-8,10H2,1H3,(H,18,19)/t12-/m1/s1. The Labute approximate surface area is 124 Å². The number of amides is 1. The Bertz CT molecular complexity index is 472. The van der Waals surface area contributed by atoms with Gasteiger partial charge in [-0.1, -0.05) is 25.3 Å². The van der Waals surface area contributed by atoms with Gasteiger partial charge in [0.05, 0.1) is 12.1 Å². The van der Waals surface area contributed by atoms with Crippen LogP contribution in [0.15, 0.2) is 17.5 Å². The minimum absolute atomic E-state index is 0.0787. The summed E-state index contributed by atoms with van der Waals surface area (Å²) in [5.74, 6) is -0.0787. The molecule has 1 aliphatic carbocycles. The van der Waals surface area contributed by atoms with E-state index in [2.05, 4.69) is 16.7 Å². The number of nitriles is 1. The summed E-state index contributed by atoms with van der Waals surface area (Å²) in [5, 5.41) is 17.5. The van der Waals surface area contributed by atoms with Crippen molar-refractivity contribution < 1.29 is 4.79 Å². The molecule has 1 atom stereocenters. The minimum Gasteiger partial charge on any atom is -0.336 e. The number of carbonyl (C=O) groups is 1. The Morgan fingerprint density at radius 1 is 1.50 bits per heavy atom. The molecule has 0 saturated heterocycles. The first kappa shape index (κ1) is 15.0. The van der Waals surface area contributed by atoms with Gasteiger partial charge in [-0.2, -0.15) is 5.26 Å². The molecule has 20 heavy (non-hydrogen) atoms. The van der Waals surface area contributed by atoms with Gasteiger partial charge in [0.1, 0.15) is 5.54 Å². The van der Waals surface area contributed by atoms with Crippen molar-refractivity contribution in [2.45, 2.75) is 57.2 Å². The molecule has 1 saturated carbocycles. The molecule has 0 unspecified atom stereocenters. The third-order valence-electron chi connectivity index (χ3n) is 3.84. The van der Waals surface area contributed by atoms with Crippen molar-refractivity contribution in [3.05, 3.63) is 22.4 Å². The number of hydrogen-bond acceptors (Lipinski definition) is 4. The van der Waals surface area contributed by atoms with E-state index in [0.29, 0.717) is 6.54 Å². The van der Waals surface area contributed by atoms with E-state index in [1.807, 2.05) is 24.4 Å². The third kappa shape index (κ3) is 3.81. The van der Waals surface area contributed by atoms with E-state index in [9.17, 15) is 10.1 Å². The molecule has 1 heterocycles. The monoisotopic (exact) mass is 291 g/mol. The van der Waals surface area contributed by atoms with Crippen molar-refractivity contribution in [1.29, 1.82) is 5.26 Å². The van der Waals surface area contributed by atoms with Crippen LogP contribution in [0.5, 0.6) is 0 Å². The summed E-state index contributed by atoms with van der Waals surface area (Å²) in [6, 6.07) is 6.07. The highest BCUT2D eigenvalue weighted by Gasteiger charge is 2.34. The van der Waals surface area contributed by atoms with Gasteiger partial charge in [0.15, 0.2) is 0 Å². The normalized spacial score (nSPS) is 19.0. The van der Waals surface area contributed by atoms with E-state index in [-0.39, 0.29) is 11.9 Å². The van der Waals surface area contributed by atoms with Crippen LogP contribution < -0.4 is 10.6 Å². The molecule has 4 nitrogen and oxygen atoms in total. The van der Waals surface area contributed by atoms with Gasteiger partial charge in [0.2, 0.25) is 5.91 Å². The lowest BCUT2D eigenvalue weighted by atomic mass is 9.82. The van der Waals surface area contributed by atoms with Crippen molar-refractivity contribution in [1.82, 2.24) is 10.6 Å². The number of rotatable bonds is 5. The zero-order chi connectivity index (χ0) is 14.4. The van der Waals surface area contributed by atoms with Crippen LogP contribution in [0.3, 0.4) is 0 Å². The first-order valence-electron chi connectivity index (χ1n) is 7.14. The van der Waals surface area contributed by atoms with Crippen molar-refractivity contribution >= 4 is 17.2 Å². The van der Waals surface area contributed by atoms with Crippen molar-refractivity contribution in [2.75, 3.05) is 0 Å². The lowest BCUT2D eigenvalue weighted by molar-refractivity contribution is -0.124. The summed E-state index contributed by atoms with van der Waals surface area (Å²) in [4.78, 5) is 13.4. The van der Waals surface area contributed by atoms with Gasteiger partial charge in [-0.05, 0) is 31.2 Å². The second-order valence-corrected chi connectivity index (χ2v) is 6.46. The van der Waals surface area contributed by atoms with Gasteiger partial charge in [-0.3, -0.25) is 4.79 Å². The Balaban J connectivity index is 1.85. The summed E-state index contributed by atoms with van der Waals surface area (Å²) < 4.78 is 0. The average molecular weight is 291 g/mol. The largest absolute Gasteiger partial charge is 0.336 e. The number of hydrogen-bond donors (Lipinski definition) is 2. The molecule has 2 N–H and O–H groups in total. The molecule has 1 aliphatic rings. The molecule has 0 spiro atoms.